The second kappa shape index (κ2) is 7.69. The third kappa shape index (κ3) is 3.67. The Morgan fingerprint density at radius 3 is 2.57 bits per heavy atom. The van der Waals surface area contributed by atoms with Crippen LogP contribution in [0.3, 0.4) is 0 Å². The molecule has 0 N–H and O–H groups in total. The molecule has 0 unspecified atom stereocenters. The van der Waals surface area contributed by atoms with Gasteiger partial charge in [0.2, 0.25) is 0 Å². The van der Waals surface area contributed by atoms with E-state index in [2.05, 4.69) is 14.8 Å². The Labute approximate surface area is 162 Å². The first-order valence-electron chi connectivity index (χ1n) is 8.25. The number of aromatic nitrogens is 2. The van der Waals surface area contributed by atoms with Gasteiger partial charge in [-0.3, -0.25) is 4.79 Å². The van der Waals surface area contributed by atoms with Crippen LogP contribution in [0.1, 0.15) is 5.56 Å². The molecule has 0 bridgehead atoms. The molecule has 0 aliphatic heterocycles. The molecule has 8 heteroatoms. The zero-order valence-corrected chi connectivity index (χ0v) is 15.1. The predicted octanol–water partition coefficient (Wildman–Crippen LogP) is 4.61. The van der Waals surface area contributed by atoms with Gasteiger partial charge in [0, 0.05) is 10.9 Å². The number of hydrogen-bond donors (Lipinski definition) is 0. The van der Waals surface area contributed by atoms with E-state index in [9.17, 15) is 13.6 Å². The number of hydrogen-bond acceptors (Lipinski definition) is 5. The first-order chi connectivity index (χ1) is 13.6. The molecular formula is C20H13F2N3O2S. The Morgan fingerprint density at radius 1 is 1.11 bits per heavy atom. The normalized spacial score (nSPS) is 11.5. The first kappa shape index (κ1) is 18.0. The molecule has 0 fully saturated rings. The number of fused-ring (bicyclic) bond motifs is 1. The fourth-order valence-electron chi connectivity index (χ4n) is 2.70. The zero-order chi connectivity index (χ0) is 19.5. The Balaban J connectivity index is 1.67. The van der Waals surface area contributed by atoms with Crippen molar-refractivity contribution in [2.45, 2.75) is 6.61 Å². The van der Waals surface area contributed by atoms with Crippen LogP contribution in [0.5, 0.6) is 5.75 Å². The van der Waals surface area contributed by atoms with Crippen molar-refractivity contribution in [2.24, 2.45) is 5.10 Å². The molecule has 0 aliphatic carbocycles. The minimum absolute atomic E-state index is 0.0539. The molecule has 0 saturated heterocycles. The summed E-state index contributed by atoms with van der Waals surface area (Å²) in [5.74, 6) is 0.0539. The number of benzene rings is 2. The highest BCUT2D eigenvalue weighted by Crippen LogP contribution is 2.30. The number of rotatable bonds is 5. The van der Waals surface area contributed by atoms with Crippen LogP contribution in [0, 0.1) is 0 Å². The molecule has 0 saturated carbocycles. The third-order valence-electron chi connectivity index (χ3n) is 4.00. The van der Waals surface area contributed by atoms with E-state index in [0.717, 1.165) is 15.8 Å². The van der Waals surface area contributed by atoms with Crippen molar-refractivity contribution in [3.63, 3.8) is 0 Å². The molecule has 0 amide bonds. The predicted molar refractivity (Wildman–Crippen MR) is 105 cm³/mol. The fourth-order valence-corrected chi connectivity index (χ4v) is 3.61. The molecule has 4 aromatic rings. The van der Waals surface area contributed by atoms with Gasteiger partial charge in [-0.2, -0.15) is 18.6 Å². The van der Waals surface area contributed by atoms with Gasteiger partial charge in [0.05, 0.1) is 11.6 Å². The van der Waals surface area contributed by atoms with Crippen molar-refractivity contribution in [1.29, 1.82) is 0 Å². The summed E-state index contributed by atoms with van der Waals surface area (Å²) in [7, 11) is 0. The molecular weight excluding hydrogens is 384 g/mol. The van der Waals surface area contributed by atoms with E-state index in [0.29, 0.717) is 15.8 Å². The summed E-state index contributed by atoms with van der Waals surface area (Å²) in [6, 6.07) is 15.6. The molecule has 2 aromatic heterocycles. The second-order valence-corrected chi connectivity index (χ2v) is 6.64. The van der Waals surface area contributed by atoms with E-state index < -0.39 is 6.61 Å². The monoisotopic (exact) mass is 397 g/mol. The van der Waals surface area contributed by atoms with Gasteiger partial charge in [0.1, 0.15) is 16.9 Å². The van der Waals surface area contributed by atoms with Gasteiger partial charge in [0.25, 0.3) is 5.56 Å². The Bertz CT molecular complexity index is 1190. The number of ether oxygens (including phenoxy) is 1. The van der Waals surface area contributed by atoms with Crippen molar-refractivity contribution in [1.82, 2.24) is 9.66 Å². The summed E-state index contributed by atoms with van der Waals surface area (Å²) in [5, 5.41) is 6.58. The quantitative estimate of drug-likeness (QED) is 0.462. The maximum atomic E-state index is 12.9. The van der Waals surface area contributed by atoms with E-state index in [1.54, 1.807) is 12.1 Å². The molecule has 140 valence electrons. The minimum Gasteiger partial charge on any atom is -0.435 e. The number of thiophene rings is 1. The maximum Gasteiger partial charge on any atom is 0.387 e. The third-order valence-corrected chi connectivity index (χ3v) is 4.89. The maximum absolute atomic E-state index is 12.9. The molecule has 4 rings (SSSR count). The van der Waals surface area contributed by atoms with Crippen LogP contribution >= 0.6 is 11.3 Å². The van der Waals surface area contributed by atoms with E-state index in [1.807, 2.05) is 35.7 Å². The summed E-state index contributed by atoms with van der Waals surface area (Å²) in [6.07, 6.45) is 2.82. The highest BCUT2D eigenvalue weighted by atomic mass is 32.1. The molecule has 2 aromatic carbocycles. The van der Waals surface area contributed by atoms with Crippen LogP contribution in [0.25, 0.3) is 21.3 Å². The average Bonchev–Trinajstić information content (AvgIpc) is 3.14. The highest BCUT2D eigenvalue weighted by molar-refractivity contribution is 7.17. The lowest BCUT2D eigenvalue weighted by Gasteiger charge is -2.04. The van der Waals surface area contributed by atoms with Gasteiger partial charge in [-0.05, 0) is 35.4 Å². The van der Waals surface area contributed by atoms with Gasteiger partial charge in [-0.15, -0.1) is 11.3 Å². The minimum atomic E-state index is -2.87. The fraction of sp³-hybridized carbons (Fsp3) is 0.0500. The van der Waals surface area contributed by atoms with Crippen molar-refractivity contribution in [3.05, 3.63) is 82.2 Å². The Hall–Kier alpha value is -3.39. The summed E-state index contributed by atoms with van der Waals surface area (Å²) in [6.45, 7) is -2.87. The molecule has 0 aliphatic rings. The van der Waals surface area contributed by atoms with Gasteiger partial charge in [-0.25, -0.2) is 4.98 Å². The molecule has 0 spiro atoms. The van der Waals surface area contributed by atoms with Gasteiger partial charge in [-0.1, -0.05) is 30.3 Å². The van der Waals surface area contributed by atoms with E-state index in [1.165, 1.54) is 36.0 Å². The topological polar surface area (TPSA) is 56.5 Å². The molecule has 2 heterocycles. The summed E-state index contributed by atoms with van der Waals surface area (Å²) >= 11 is 1.40. The number of halogens is 2. The summed E-state index contributed by atoms with van der Waals surface area (Å²) < 4.78 is 29.9. The van der Waals surface area contributed by atoms with Crippen molar-refractivity contribution in [2.75, 3.05) is 0 Å². The first-order valence-corrected chi connectivity index (χ1v) is 9.13. The van der Waals surface area contributed by atoms with E-state index in [-0.39, 0.29) is 11.3 Å². The second-order valence-electron chi connectivity index (χ2n) is 5.78. The lowest BCUT2D eigenvalue weighted by Crippen LogP contribution is -2.16. The largest absolute Gasteiger partial charge is 0.435 e. The van der Waals surface area contributed by atoms with Gasteiger partial charge >= 0.3 is 6.61 Å². The Morgan fingerprint density at radius 2 is 1.86 bits per heavy atom. The zero-order valence-electron chi connectivity index (χ0n) is 14.3. The van der Waals surface area contributed by atoms with E-state index in [4.69, 9.17) is 0 Å². The van der Waals surface area contributed by atoms with Crippen LogP contribution in [-0.4, -0.2) is 22.5 Å². The molecule has 0 atom stereocenters. The van der Waals surface area contributed by atoms with Crippen LogP contribution in [0.4, 0.5) is 8.78 Å². The summed E-state index contributed by atoms with van der Waals surface area (Å²) in [5.41, 5.74) is 2.10. The number of nitrogens with zero attached hydrogens (tertiary/aromatic N) is 3. The van der Waals surface area contributed by atoms with Gasteiger partial charge in [0.15, 0.2) is 0 Å². The van der Waals surface area contributed by atoms with Crippen molar-refractivity contribution >= 4 is 27.8 Å². The van der Waals surface area contributed by atoms with Crippen molar-refractivity contribution < 1.29 is 13.5 Å². The van der Waals surface area contributed by atoms with Crippen LogP contribution in [0.15, 0.2) is 76.2 Å². The van der Waals surface area contributed by atoms with Gasteiger partial charge < -0.3 is 4.74 Å². The lowest BCUT2D eigenvalue weighted by atomic mass is 10.1. The Kier molecular flexibility index (Phi) is 4.94. The summed E-state index contributed by atoms with van der Waals surface area (Å²) in [4.78, 5) is 17.8. The average molecular weight is 397 g/mol. The molecule has 5 nitrogen and oxygen atoms in total. The van der Waals surface area contributed by atoms with Crippen LogP contribution in [0.2, 0.25) is 0 Å². The molecule has 28 heavy (non-hydrogen) atoms. The highest BCUT2D eigenvalue weighted by Gasteiger charge is 2.12. The standard InChI is InChI=1S/C20H13F2N3O2S/c21-20(22)27-15-8-6-13(7-9-15)10-24-25-12-23-18-17(19(25)26)16(11-28-18)14-4-2-1-3-5-14/h1-12,20H. The lowest BCUT2D eigenvalue weighted by molar-refractivity contribution is -0.0498. The van der Waals surface area contributed by atoms with Crippen LogP contribution in [-0.2, 0) is 0 Å². The van der Waals surface area contributed by atoms with Crippen LogP contribution < -0.4 is 10.3 Å². The smallest absolute Gasteiger partial charge is 0.387 e. The number of alkyl halides is 2. The SMILES string of the molecule is O=c1c2c(-c3ccccc3)csc2ncn1N=Cc1ccc(OC(F)F)cc1. The van der Waals surface area contributed by atoms with E-state index >= 15 is 0 Å². The molecule has 0 radical (unpaired) electrons. The van der Waals surface area contributed by atoms with Crippen molar-refractivity contribution in [3.8, 4) is 16.9 Å².